The summed E-state index contributed by atoms with van der Waals surface area (Å²) in [4.78, 5) is 15.8. The molecule has 0 aliphatic heterocycles. The van der Waals surface area contributed by atoms with Crippen molar-refractivity contribution in [3.63, 3.8) is 0 Å². The van der Waals surface area contributed by atoms with Gasteiger partial charge < -0.3 is 10.3 Å². The fourth-order valence-corrected chi connectivity index (χ4v) is 2.87. The molecule has 0 spiro atoms. The van der Waals surface area contributed by atoms with Crippen molar-refractivity contribution in [2.45, 2.75) is 19.9 Å². The second kappa shape index (κ2) is 5.45. The molecule has 0 saturated heterocycles. The minimum Gasteiger partial charge on any atom is -0.350 e. The third-order valence-corrected chi connectivity index (χ3v) is 3.97. The largest absolute Gasteiger partial charge is 0.350 e. The minimum atomic E-state index is -0.00968. The molecule has 0 bridgehead atoms. The average molecular weight is 282 g/mol. The van der Waals surface area contributed by atoms with E-state index in [0.717, 1.165) is 16.3 Å². The topological polar surface area (TPSA) is 62.7 Å². The monoisotopic (exact) mass is 282 g/mol. The molecule has 2 N–H and O–H groups in total. The van der Waals surface area contributed by atoms with Crippen molar-refractivity contribution in [3.05, 3.63) is 32.5 Å². The fourth-order valence-electron chi connectivity index (χ4n) is 1.58. The predicted octanol–water partition coefficient (Wildman–Crippen LogP) is 1.71. The molecule has 2 rings (SSSR count). The molecule has 0 fully saturated rings. The number of aromatic nitrogens is 3. The number of aryl methyl sites for hydroxylation is 2. The van der Waals surface area contributed by atoms with Crippen molar-refractivity contribution in [3.8, 4) is 0 Å². The molecule has 7 heteroatoms. The van der Waals surface area contributed by atoms with E-state index in [1.165, 1.54) is 11.3 Å². The molecule has 0 aliphatic carbocycles. The Morgan fingerprint density at radius 3 is 3.00 bits per heavy atom. The predicted molar refractivity (Wildman–Crippen MR) is 73.0 cm³/mol. The molecule has 2 aromatic rings. The summed E-state index contributed by atoms with van der Waals surface area (Å²) in [5.74, 6) is -0.00968. The number of rotatable bonds is 4. The quantitative estimate of drug-likeness (QED) is 0.839. The van der Waals surface area contributed by atoms with Crippen LogP contribution >= 0.6 is 23.6 Å². The van der Waals surface area contributed by atoms with Gasteiger partial charge in [0.25, 0.3) is 0 Å². The molecular formula is C11H14N4OS2. The van der Waals surface area contributed by atoms with Crippen LogP contribution in [0.1, 0.15) is 16.3 Å². The Hall–Kier alpha value is -1.47. The van der Waals surface area contributed by atoms with Crippen LogP contribution in [-0.2, 0) is 24.8 Å². The fraction of sp³-hybridized carbons (Fsp3) is 0.364. The summed E-state index contributed by atoms with van der Waals surface area (Å²) in [7, 11) is 1.85. The third-order valence-electron chi connectivity index (χ3n) is 2.63. The highest BCUT2D eigenvalue weighted by Gasteiger charge is 2.09. The first-order valence-corrected chi connectivity index (χ1v) is 6.71. The van der Waals surface area contributed by atoms with Gasteiger partial charge in [0.15, 0.2) is 3.95 Å². The maximum Gasteiger partial charge on any atom is 0.225 e. The second-order valence-electron chi connectivity index (χ2n) is 3.96. The van der Waals surface area contributed by atoms with Gasteiger partial charge in [-0.15, -0.1) is 11.3 Å². The van der Waals surface area contributed by atoms with Gasteiger partial charge in [0.1, 0.15) is 0 Å². The van der Waals surface area contributed by atoms with Gasteiger partial charge >= 0.3 is 0 Å². The number of thiazole rings is 1. The van der Waals surface area contributed by atoms with Crippen LogP contribution in [0.3, 0.4) is 0 Å². The van der Waals surface area contributed by atoms with Crippen molar-refractivity contribution in [1.82, 2.24) is 20.1 Å². The number of hydrogen-bond acceptors (Lipinski definition) is 4. The molecule has 2 aromatic heterocycles. The van der Waals surface area contributed by atoms with Crippen molar-refractivity contribution in [2.75, 3.05) is 0 Å². The highest BCUT2D eigenvalue weighted by molar-refractivity contribution is 7.73. The SMILES string of the molecule is Cc1[nH]c(=S)sc1CC(=O)NCc1ccnn1C. The average Bonchev–Trinajstić information content (AvgIpc) is 2.83. The van der Waals surface area contributed by atoms with E-state index >= 15 is 0 Å². The van der Waals surface area contributed by atoms with E-state index in [1.54, 1.807) is 10.9 Å². The Morgan fingerprint density at radius 1 is 1.67 bits per heavy atom. The van der Waals surface area contributed by atoms with E-state index in [4.69, 9.17) is 12.2 Å². The smallest absolute Gasteiger partial charge is 0.225 e. The van der Waals surface area contributed by atoms with E-state index < -0.39 is 0 Å². The number of nitrogens with one attached hydrogen (secondary N) is 2. The zero-order valence-corrected chi connectivity index (χ0v) is 11.8. The highest BCUT2D eigenvalue weighted by atomic mass is 32.1. The van der Waals surface area contributed by atoms with Crippen LogP contribution in [0.25, 0.3) is 0 Å². The van der Waals surface area contributed by atoms with E-state index in [-0.39, 0.29) is 5.91 Å². The maximum atomic E-state index is 11.8. The summed E-state index contributed by atoms with van der Waals surface area (Å²) in [6.45, 7) is 2.42. The van der Waals surface area contributed by atoms with E-state index in [9.17, 15) is 4.79 Å². The molecule has 0 radical (unpaired) electrons. The Kier molecular flexibility index (Phi) is 3.93. The van der Waals surface area contributed by atoms with E-state index in [0.29, 0.717) is 16.9 Å². The van der Waals surface area contributed by atoms with Crippen molar-refractivity contribution in [2.24, 2.45) is 7.05 Å². The lowest BCUT2D eigenvalue weighted by molar-refractivity contribution is -0.120. The van der Waals surface area contributed by atoms with E-state index in [1.807, 2.05) is 20.0 Å². The van der Waals surface area contributed by atoms with Crippen molar-refractivity contribution < 1.29 is 4.79 Å². The van der Waals surface area contributed by atoms with Gasteiger partial charge in [0.2, 0.25) is 5.91 Å². The molecule has 0 saturated carbocycles. The third kappa shape index (κ3) is 3.05. The summed E-state index contributed by atoms with van der Waals surface area (Å²) in [5.41, 5.74) is 1.95. The molecule has 1 amide bonds. The highest BCUT2D eigenvalue weighted by Crippen LogP contribution is 2.14. The summed E-state index contributed by atoms with van der Waals surface area (Å²) in [6, 6.07) is 1.88. The lowest BCUT2D eigenvalue weighted by atomic mass is 10.3. The first-order valence-electron chi connectivity index (χ1n) is 5.48. The zero-order valence-electron chi connectivity index (χ0n) is 10.2. The standard InChI is InChI=1S/C11H14N4OS2/c1-7-9(18-11(17)14-7)5-10(16)12-6-8-3-4-13-15(8)2/h3-4H,5-6H2,1-2H3,(H,12,16)(H,14,17). The van der Waals surface area contributed by atoms with Crippen molar-refractivity contribution >= 4 is 29.5 Å². The molecule has 18 heavy (non-hydrogen) atoms. The Bertz CT molecular complexity index is 611. The van der Waals surface area contributed by atoms with E-state index in [2.05, 4.69) is 15.4 Å². The summed E-state index contributed by atoms with van der Waals surface area (Å²) in [6.07, 6.45) is 2.07. The minimum absolute atomic E-state index is 0.00968. The Morgan fingerprint density at radius 2 is 2.44 bits per heavy atom. The van der Waals surface area contributed by atoms with Crippen LogP contribution in [-0.4, -0.2) is 20.7 Å². The van der Waals surface area contributed by atoms with Gasteiger partial charge in [-0.2, -0.15) is 5.10 Å². The van der Waals surface area contributed by atoms with Crippen LogP contribution in [0.15, 0.2) is 12.3 Å². The van der Waals surface area contributed by atoms with Crippen LogP contribution in [0, 0.1) is 10.9 Å². The van der Waals surface area contributed by atoms with Gasteiger partial charge in [-0.3, -0.25) is 9.48 Å². The van der Waals surface area contributed by atoms with Gasteiger partial charge in [0, 0.05) is 23.8 Å². The van der Waals surface area contributed by atoms with Crippen LogP contribution < -0.4 is 5.32 Å². The maximum absolute atomic E-state index is 11.8. The number of amides is 1. The number of carbonyl (C=O) groups excluding carboxylic acids is 1. The number of nitrogens with zero attached hydrogens (tertiary/aromatic N) is 2. The Labute approximate surface area is 114 Å². The number of carbonyl (C=O) groups is 1. The van der Waals surface area contributed by atoms with Gasteiger partial charge in [-0.1, -0.05) is 0 Å². The first kappa shape index (κ1) is 13.0. The molecule has 0 aliphatic rings. The molecule has 96 valence electrons. The lowest BCUT2D eigenvalue weighted by Crippen LogP contribution is -2.25. The zero-order chi connectivity index (χ0) is 13.1. The van der Waals surface area contributed by atoms with Crippen LogP contribution in [0.2, 0.25) is 0 Å². The number of H-pyrrole nitrogens is 1. The van der Waals surface area contributed by atoms with Crippen molar-refractivity contribution in [1.29, 1.82) is 0 Å². The molecule has 0 atom stereocenters. The molecule has 5 nitrogen and oxygen atoms in total. The summed E-state index contributed by atoms with van der Waals surface area (Å²) in [5, 5.41) is 6.91. The number of aromatic amines is 1. The Balaban J connectivity index is 1.92. The molecule has 0 aromatic carbocycles. The van der Waals surface area contributed by atoms with Gasteiger partial charge in [0.05, 0.1) is 18.7 Å². The molecule has 2 heterocycles. The normalized spacial score (nSPS) is 10.6. The second-order valence-corrected chi connectivity index (χ2v) is 5.73. The summed E-state index contributed by atoms with van der Waals surface area (Å²) >= 11 is 6.49. The van der Waals surface area contributed by atoms with Gasteiger partial charge in [-0.25, -0.2) is 0 Å². The summed E-state index contributed by atoms with van der Waals surface area (Å²) < 4.78 is 2.45. The van der Waals surface area contributed by atoms with Crippen LogP contribution in [0.5, 0.6) is 0 Å². The van der Waals surface area contributed by atoms with Gasteiger partial charge in [-0.05, 0) is 25.2 Å². The molecule has 0 unspecified atom stereocenters. The number of hydrogen-bond donors (Lipinski definition) is 2. The van der Waals surface area contributed by atoms with Crippen LogP contribution in [0.4, 0.5) is 0 Å². The first-order chi connectivity index (χ1) is 8.56. The molecular weight excluding hydrogens is 268 g/mol. The lowest BCUT2D eigenvalue weighted by Gasteiger charge is -2.05.